The zero-order valence-corrected chi connectivity index (χ0v) is 20.5. The van der Waals surface area contributed by atoms with Gasteiger partial charge in [-0.05, 0) is 37.3 Å². The van der Waals surface area contributed by atoms with Crippen molar-refractivity contribution in [2.75, 3.05) is 41.5 Å². The average Bonchev–Trinajstić information content (AvgIpc) is 2.81. The summed E-state index contributed by atoms with van der Waals surface area (Å²) in [5, 5.41) is 7.84. The van der Waals surface area contributed by atoms with Crippen LogP contribution < -0.4 is 25.2 Å². The highest BCUT2D eigenvalue weighted by Crippen LogP contribution is 2.37. The van der Waals surface area contributed by atoms with Gasteiger partial charge in [0, 0.05) is 37.6 Å². The summed E-state index contributed by atoms with van der Waals surface area (Å²) in [4.78, 5) is 25.4. The van der Waals surface area contributed by atoms with Crippen LogP contribution in [0.1, 0.15) is 17.3 Å². The number of anilines is 4. The van der Waals surface area contributed by atoms with Crippen LogP contribution in [0.25, 0.3) is 0 Å². The Balaban J connectivity index is 1.35. The van der Waals surface area contributed by atoms with Crippen molar-refractivity contribution in [3.8, 4) is 5.88 Å². The number of aromatic nitrogens is 2. The lowest BCUT2D eigenvalue weighted by Crippen LogP contribution is -2.50. The maximum Gasteiger partial charge on any atom is 0.268 e. The molecule has 5 rings (SSSR count). The number of rotatable bonds is 4. The smallest absolute Gasteiger partial charge is 0.268 e. The van der Waals surface area contributed by atoms with Crippen LogP contribution >= 0.6 is 34.8 Å². The van der Waals surface area contributed by atoms with E-state index in [2.05, 4.69) is 32.4 Å². The topological polar surface area (TPSA) is 82.6 Å². The van der Waals surface area contributed by atoms with Crippen molar-refractivity contribution < 1.29 is 9.53 Å². The summed E-state index contributed by atoms with van der Waals surface area (Å²) in [5.41, 5.74) is 2.31. The number of para-hydroxylation sites is 1. The molecule has 3 aromatic rings. The number of nitrogens with zero attached hydrogens (tertiary/aromatic N) is 4. The third-order valence-electron chi connectivity index (χ3n) is 5.78. The lowest BCUT2D eigenvalue weighted by atomic mass is 10.1. The summed E-state index contributed by atoms with van der Waals surface area (Å²) in [6.45, 7) is 4.82. The molecule has 0 saturated carbocycles. The molecule has 2 N–H and O–H groups in total. The molecule has 1 fully saturated rings. The van der Waals surface area contributed by atoms with Gasteiger partial charge in [0.15, 0.2) is 6.73 Å². The molecular formula is C23H21Cl3N6O2. The van der Waals surface area contributed by atoms with Gasteiger partial charge in [-0.3, -0.25) is 9.69 Å². The number of hydrogen-bond acceptors (Lipinski definition) is 7. The van der Waals surface area contributed by atoms with Crippen molar-refractivity contribution >= 4 is 63.7 Å². The van der Waals surface area contributed by atoms with Crippen LogP contribution in [0.15, 0.2) is 42.6 Å². The fourth-order valence-corrected chi connectivity index (χ4v) is 4.96. The molecule has 176 valence electrons. The largest absolute Gasteiger partial charge is 0.455 e. The number of hydrogen-bond donors (Lipinski definition) is 2. The lowest BCUT2D eigenvalue weighted by molar-refractivity contribution is 0.0932. The van der Waals surface area contributed by atoms with E-state index in [4.69, 9.17) is 39.5 Å². The average molecular weight is 520 g/mol. The minimum atomic E-state index is -0.347. The molecule has 2 aromatic carbocycles. The Bertz CT molecular complexity index is 1240. The number of carbonyl (C=O) groups excluding carboxylic acids is 1. The van der Waals surface area contributed by atoms with Crippen LogP contribution in [0.3, 0.4) is 0 Å². The summed E-state index contributed by atoms with van der Waals surface area (Å²) in [6.07, 6.45) is 1.42. The zero-order chi connectivity index (χ0) is 23.8. The Labute approximate surface area is 211 Å². The predicted molar refractivity (Wildman–Crippen MR) is 135 cm³/mol. The van der Waals surface area contributed by atoms with Crippen molar-refractivity contribution in [3.05, 3.63) is 63.2 Å². The van der Waals surface area contributed by atoms with E-state index in [-0.39, 0.29) is 30.0 Å². The third kappa shape index (κ3) is 4.34. The van der Waals surface area contributed by atoms with E-state index in [1.54, 1.807) is 18.2 Å². The molecule has 2 aliphatic rings. The summed E-state index contributed by atoms with van der Waals surface area (Å²) in [6, 6.07) is 11.1. The standard InChI is InChI=1S/C23H21Cl3N6O2/c1-13-10-27-7-8-31(13)19-6-5-14(9-18(19)26)29-23-28-11-15-21(30-23)34-12-32(22(15)33)20-16(24)3-2-4-17(20)25/h2-6,9,11,13,27H,7-8,10,12H2,1H3,(H,28,29,30)/t13-/m1/s1. The number of fused-ring (bicyclic) bond motifs is 1. The van der Waals surface area contributed by atoms with Crippen LogP contribution in [0.2, 0.25) is 15.1 Å². The van der Waals surface area contributed by atoms with Gasteiger partial charge in [0.1, 0.15) is 5.56 Å². The van der Waals surface area contributed by atoms with Gasteiger partial charge in [-0.1, -0.05) is 40.9 Å². The van der Waals surface area contributed by atoms with Crippen LogP contribution in [0.4, 0.5) is 23.0 Å². The van der Waals surface area contributed by atoms with Crippen LogP contribution in [0.5, 0.6) is 5.88 Å². The second-order valence-corrected chi connectivity index (χ2v) is 9.25. The minimum Gasteiger partial charge on any atom is -0.455 e. The molecule has 34 heavy (non-hydrogen) atoms. The van der Waals surface area contributed by atoms with Crippen molar-refractivity contribution in [1.82, 2.24) is 15.3 Å². The lowest BCUT2D eigenvalue weighted by Gasteiger charge is -2.36. The van der Waals surface area contributed by atoms with E-state index in [1.165, 1.54) is 11.1 Å². The van der Waals surface area contributed by atoms with Crippen LogP contribution in [-0.4, -0.2) is 48.3 Å². The minimum absolute atomic E-state index is 0.0743. The Morgan fingerprint density at radius 2 is 1.94 bits per heavy atom. The Kier molecular flexibility index (Phi) is 6.40. The zero-order valence-electron chi connectivity index (χ0n) is 18.2. The molecule has 0 unspecified atom stereocenters. The summed E-state index contributed by atoms with van der Waals surface area (Å²) >= 11 is 19.1. The molecule has 0 aliphatic carbocycles. The monoisotopic (exact) mass is 518 g/mol. The highest BCUT2D eigenvalue weighted by Gasteiger charge is 2.31. The fraction of sp³-hybridized carbons (Fsp3) is 0.261. The second-order valence-electron chi connectivity index (χ2n) is 8.03. The summed E-state index contributed by atoms with van der Waals surface area (Å²) in [5.74, 6) is 0.120. The maximum absolute atomic E-state index is 13.1. The molecule has 1 amide bonds. The molecule has 1 saturated heterocycles. The Hall–Kier alpha value is -2.78. The summed E-state index contributed by atoms with van der Waals surface area (Å²) in [7, 11) is 0. The SMILES string of the molecule is C[C@@H]1CNCCN1c1ccc(Nc2ncc3c(n2)OCN(c2c(Cl)cccc2Cl)C3=O)cc1Cl. The highest BCUT2D eigenvalue weighted by molar-refractivity contribution is 6.40. The van der Waals surface area contributed by atoms with Gasteiger partial charge < -0.3 is 20.3 Å². The number of nitrogens with one attached hydrogen (secondary N) is 2. The summed E-state index contributed by atoms with van der Waals surface area (Å²) < 4.78 is 5.74. The molecule has 2 aliphatic heterocycles. The van der Waals surface area contributed by atoms with E-state index in [1.807, 2.05) is 18.2 Å². The van der Waals surface area contributed by atoms with Crippen LogP contribution in [-0.2, 0) is 0 Å². The fourth-order valence-electron chi connectivity index (χ4n) is 4.07. The van der Waals surface area contributed by atoms with E-state index >= 15 is 0 Å². The first-order valence-corrected chi connectivity index (χ1v) is 11.9. The van der Waals surface area contributed by atoms with E-state index in [0.717, 1.165) is 31.0 Å². The van der Waals surface area contributed by atoms with Crippen molar-refractivity contribution in [2.45, 2.75) is 13.0 Å². The van der Waals surface area contributed by atoms with E-state index < -0.39 is 0 Å². The molecule has 0 radical (unpaired) electrons. The van der Waals surface area contributed by atoms with Gasteiger partial charge in [0.25, 0.3) is 5.91 Å². The number of ether oxygens (including phenoxy) is 1. The molecule has 0 bridgehead atoms. The first-order chi connectivity index (χ1) is 16.4. The number of amides is 1. The highest BCUT2D eigenvalue weighted by atomic mass is 35.5. The van der Waals surface area contributed by atoms with Gasteiger partial charge in [0.05, 0.1) is 26.4 Å². The Morgan fingerprint density at radius 3 is 2.68 bits per heavy atom. The molecule has 3 heterocycles. The normalized spacial score (nSPS) is 17.9. The predicted octanol–water partition coefficient (Wildman–Crippen LogP) is 4.98. The number of piperazine rings is 1. The van der Waals surface area contributed by atoms with Gasteiger partial charge in [-0.2, -0.15) is 4.98 Å². The maximum atomic E-state index is 13.1. The molecule has 8 nitrogen and oxygen atoms in total. The van der Waals surface area contributed by atoms with Gasteiger partial charge in [0.2, 0.25) is 11.8 Å². The van der Waals surface area contributed by atoms with Crippen molar-refractivity contribution in [1.29, 1.82) is 0 Å². The first kappa shape index (κ1) is 23.0. The number of carbonyl (C=O) groups is 1. The molecule has 1 aromatic heterocycles. The van der Waals surface area contributed by atoms with Gasteiger partial charge >= 0.3 is 0 Å². The van der Waals surface area contributed by atoms with Crippen molar-refractivity contribution in [2.24, 2.45) is 0 Å². The number of halogens is 3. The van der Waals surface area contributed by atoms with Crippen molar-refractivity contribution in [3.63, 3.8) is 0 Å². The molecule has 1 atom stereocenters. The van der Waals surface area contributed by atoms with Gasteiger partial charge in [-0.25, -0.2) is 4.98 Å². The quantitative estimate of drug-likeness (QED) is 0.503. The number of benzene rings is 2. The first-order valence-electron chi connectivity index (χ1n) is 10.7. The molecular weight excluding hydrogens is 499 g/mol. The third-order valence-corrected chi connectivity index (χ3v) is 6.69. The van der Waals surface area contributed by atoms with Gasteiger partial charge in [-0.15, -0.1) is 0 Å². The second kappa shape index (κ2) is 9.46. The van der Waals surface area contributed by atoms with E-state index in [9.17, 15) is 4.79 Å². The molecule has 0 spiro atoms. The Morgan fingerprint density at radius 1 is 1.15 bits per heavy atom. The van der Waals surface area contributed by atoms with E-state index in [0.29, 0.717) is 26.8 Å². The molecule has 11 heteroatoms. The van der Waals surface area contributed by atoms with Crippen LogP contribution in [0, 0.1) is 0 Å².